The molecule has 1 fully saturated rings. The van der Waals surface area contributed by atoms with Gasteiger partial charge in [0.2, 0.25) is 0 Å². The normalized spacial score (nSPS) is 23.9. The van der Waals surface area contributed by atoms with E-state index < -0.39 is 6.10 Å². The molecule has 1 amide bonds. The van der Waals surface area contributed by atoms with Gasteiger partial charge in [0.25, 0.3) is 5.91 Å². The van der Waals surface area contributed by atoms with Crippen LogP contribution in [0.1, 0.15) is 13.3 Å². The minimum absolute atomic E-state index is 0.0184. The molecule has 2 atom stereocenters. The second-order valence-corrected chi connectivity index (χ2v) is 3.63. The molecule has 1 heterocycles. The zero-order chi connectivity index (χ0) is 11.3. The van der Waals surface area contributed by atoms with Crippen molar-refractivity contribution >= 4 is 5.91 Å². The summed E-state index contributed by atoms with van der Waals surface area (Å²) in [7, 11) is 1.51. The zero-order valence-electron chi connectivity index (χ0n) is 9.44. The number of nitrogens with zero attached hydrogens (tertiary/aromatic N) is 1. The molecule has 0 aromatic rings. The second-order valence-electron chi connectivity index (χ2n) is 3.63. The van der Waals surface area contributed by atoms with Gasteiger partial charge in [-0.25, -0.2) is 0 Å². The van der Waals surface area contributed by atoms with Crippen LogP contribution in [0.3, 0.4) is 0 Å². The summed E-state index contributed by atoms with van der Waals surface area (Å²) in [6.45, 7) is 4.12. The van der Waals surface area contributed by atoms with E-state index in [2.05, 4.69) is 0 Å². The fourth-order valence-corrected chi connectivity index (χ4v) is 1.77. The Bertz CT molecular complexity index is 207. The van der Waals surface area contributed by atoms with Crippen LogP contribution < -0.4 is 5.73 Å². The smallest absolute Gasteiger partial charge is 0.253 e. The molecule has 0 aliphatic carbocycles. The lowest BCUT2D eigenvalue weighted by atomic mass is 10.1. The molecule has 0 aromatic heterocycles. The zero-order valence-corrected chi connectivity index (χ0v) is 9.44. The number of ether oxygens (including phenoxy) is 2. The minimum atomic E-state index is -0.517. The number of hydrogen-bond donors (Lipinski definition) is 1. The van der Waals surface area contributed by atoms with Crippen molar-refractivity contribution in [1.82, 2.24) is 4.90 Å². The first-order valence-electron chi connectivity index (χ1n) is 5.35. The molecule has 0 bridgehead atoms. The molecular formula is C10H20N2O3. The highest BCUT2D eigenvalue weighted by Crippen LogP contribution is 2.12. The highest BCUT2D eigenvalue weighted by molar-refractivity contribution is 5.81. The van der Waals surface area contributed by atoms with Crippen molar-refractivity contribution < 1.29 is 14.3 Å². The standard InChI is InChI=1S/C10H20N2O3/c1-3-8-7-15-5-4-12(8)10(13)9(6-11)14-2/h8-9H,3-7,11H2,1-2H3. The number of amides is 1. The molecule has 1 saturated heterocycles. The molecule has 15 heavy (non-hydrogen) atoms. The summed E-state index contributed by atoms with van der Waals surface area (Å²) < 4.78 is 10.4. The first-order valence-corrected chi connectivity index (χ1v) is 5.35. The van der Waals surface area contributed by atoms with Gasteiger partial charge in [-0.05, 0) is 6.42 Å². The summed E-state index contributed by atoms with van der Waals surface area (Å²) in [5.41, 5.74) is 5.47. The van der Waals surface area contributed by atoms with Gasteiger partial charge in [-0.15, -0.1) is 0 Å². The summed E-state index contributed by atoms with van der Waals surface area (Å²) in [6.07, 6.45) is 0.379. The van der Waals surface area contributed by atoms with Gasteiger partial charge in [0.05, 0.1) is 19.3 Å². The van der Waals surface area contributed by atoms with Crippen molar-refractivity contribution in [2.75, 3.05) is 33.4 Å². The number of hydrogen-bond acceptors (Lipinski definition) is 4. The Morgan fingerprint density at radius 1 is 1.73 bits per heavy atom. The predicted molar refractivity (Wildman–Crippen MR) is 56.5 cm³/mol. The number of carbonyl (C=O) groups is 1. The molecule has 0 aromatic carbocycles. The second kappa shape index (κ2) is 6.05. The lowest BCUT2D eigenvalue weighted by molar-refractivity contribution is -0.150. The monoisotopic (exact) mass is 216 g/mol. The topological polar surface area (TPSA) is 64.8 Å². The number of rotatable bonds is 4. The van der Waals surface area contributed by atoms with Crippen LogP contribution in [-0.2, 0) is 14.3 Å². The average molecular weight is 216 g/mol. The third-order valence-corrected chi connectivity index (χ3v) is 2.76. The van der Waals surface area contributed by atoms with E-state index in [1.54, 1.807) is 0 Å². The van der Waals surface area contributed by atoms with Gasteiger partial charge in [0.1, 0.15) is 6.10 Å². The van der Waals surface area contributed by atoms with Crippen LogP contribution in [0.25, 0.3) is 0 Å². The van der Waals surface area contributed by atoms with E-state index in [1.807, 2.05) is 11.8 Å². The molecule has 5 heteroatoms. The molecule has 0 spiro atoms. The number of carbonyl (C=O) groups excluding carboxylic acids is 1. The predicted octanol–water partition coefficient (Wildman–Crippen LogP) is -0.402. The van der Waals surface area contributed by atoms with Gasteiger partial charge in [-0.2, -0.15) is 0 Å². The third-order valence-electron chi connectivity index (χ3n) is 2.76. The molecule has 88 valence electrons. The molecule has 0 saturated carbocycles. The van der Waals surface area contributed by atoms with Crippen molar-refractivity contribution in [2.24, 2.45) is 5.73 Å². The number of morpholine rings is 1. The van der Waals surface area contributed by atoms with Crippen LogP contribution in [0.5, 0.6) is 0 Å². The van der Waals surface area contributed by atoms with Crippen molar-refractivity contribution in [3.63, 3.8) is 0 Å². The summed E-state index contributed by atoms with van der Waals surface area (Å²) >= 11 is 0. The quantitative estimate of drug-likeness (QED) is 0.694. The molecule has 2 N–H and O–H groups in total. The Morgan fingerprint density at radius 3 is 3.00 bits per heavy atom. The highest BCUT2D eigenvalue weighted by Gasteiger charge is 2.30. The lowest BCUT2D eigenvalue weighted by Gasteiger charge is -2.36. The van der Waals surface area contributed by atoms with Crippen molar-refractivity contribution in [3.05, 3.63) is 0 Å². The maximum atomic E-state index is 12.0. The van der Waals surface area contributed by atoms with E-state index in [9.17, 15) is 4.79 Å². The Labute approximate surface area is 90.5 Å². The van der Waals surface area contributed by atoms with E-state index in [-0.39, 0.29) is 18.5 Å². The van der Waals surface area contributed by atoms with Crippen LogP contribution in [-0.4, -0.2) is 56.4 Å². The van der Waals surface area contributed by atoms with E-state index in [0.717, 1.165) is 6.42 Å². The summed E-state index contributed by atoms with van der Waals surface area (Å²) in [4.78, 5) is 13.8. The van der Waals surface area contributed by atoms with Crippen LogP contribution in [0, 0.1) is 0 Å². The van der Waals surface area contributed by atoms with Crippen LogP contribution in [0.4, 0.5) is 0 Å². The first-order chi connectivity index (χ1) is 7.24. The van der Waals surface area contributed by atoms with Crippen molar-refractivity contribution in [2.45, 2.75) is 25.5 Å². The summed E-state index contributed by atoms with van der Waals surface area (Å²) in [5, 5.41) is 0. The highest BCUT2D eigenvalue weighted by atomic mass is 16.5. The average Bonchev–Trinajstić information content (AvgIpc) is 2.30. The summed E-state index contributed by atoms with van der Waals surface area (Å²) in [5.74, 6) is -0.0184. The lowest BCUT2D eigenvalue weighted by Crippen LogP contribution is -2.53. The molecule has 5 nitrogen and oxygen atoms in total. The minimum Gasteiger partial charge on any atom is -0.377 e. The van der Waals surface area contributed by atoms with Crippen molar-refractivity contribution in [3.8, 4) is 0 Å². The molecule has 2 unspecified atom stereocenters. The van der Waals surface area contributed by atoms with Crippen LogP contribution in [0.2, 0.25) is 0 Å². The maximum Gasteiger partial charge on any atom is 0.253 e. The van der Waals surface area contributed by atoms with E-state index in [1.165, 1.54) is 7.11 Å². The first kappa shape index (κ1) is 12.4. The largest absolute Gasteiger partial charge is 0.377 e. The molecule has 1 aliphatic rings. The molecule has 1 rings (SSSR count). The molecule has 0 radical (unpaired) electrons. The summed E-state index contributed by atoms with van der Waals surface area (Å²) in [6, 6.07) is 0.162. The Kier molecular flexibility index (Phi) is 5.01. The van der Waals surface area contributed by atoms with E-state index in [0.29, 0.717) is 19.8 Å². The van der Waals surface area contributed by atoms with Gasteiger partial charge < -0.3 is 20.1 Å². The van der Waals surface area contributed by atoms with Gasteiger partial charge in [0.15, 0.2) is 0 Å². The third kappa shape index (κ3) is 2.90. The molecular weight excluding hydrogens is 196 g/mol. The molecule has 1 aliphatic heterocycles. The van der Waals surface area contributed by atoms with Gasteiger partial charge in [-0.3, -0.25) is 4.79 Å². The van der Waals surface area contributed by atoms with Gasteiger partial charge in [-0.1, -0.05) is 6.92 Å². The number of nitrogens with two attached hydrogens (primary N) is 1. The van der Waals surface area contributed by atoms with E-state index in [4.69, 9.17) is 15.2 Å². The van der Waals surface area contributed by atoms with E-state index >= 15 is 0 Å². The Hall–Kier alpha value is -0.650. The van der Waals surface area contributed by atoms with Crippen molar-refractivity contribution in [1.29, 1.82) is 0 Å². The Balaban J connectivity index is 2.62. The van der Waals surface area contributed by atoms with Crippen LogP contribution in [0.15, 0.2) is 0 Å². The Morgan fingerprint density at radius 2 is 2.47 bits per heavy atom. The number of methoxy groups -OCH3 is 1. The fraction of sp³-hybridized carbons (Fsp3) is 0.900. The fourth-order valence-electron chi connectivity index (χ4n) is 1.77. The maximum absolute atomic E-state index is 12.0. The SMILES string of the molecule is CCC1COCCN1C(=O)C(CN)OC. The van der Waals surface area contributed by atoms with Gasteiger partial charge in [0, 0.05) is 20.2 Å². The van der Waals surface area contributed by atoms with Crippen LogP contribution >= 0.6 is 0 Å². The van der Waals surface area contributed by atoms with Gasteiger partial charge >= 0.3 is 0 Å².